The predicted molar refractivity (Wildman–Crippen MR) is 77.5 cm³/mol. The number of methoxy groups -OCH3 is 1. The summed E-state index contributed by atoms with van der Waals surface area (Å²) in [5.41, 5.74) is 2.37. The fraction of sp³-hybridized carbons (Fsp3) is 0.0588. The molecular formula is C17H16O. The zero-order chi connectivity index (χ0) is 12.6. The Bertz CT molecular complexity index is 521. The van der Waals surface area contributed by atoms with Gasteiger partial charge in [0.25, 0.3) is 0 Å². The second-order valence-corrected chi connectivity index (χ2v) is 3.90. The Morgan fingerprint density at radius 1 is 0.722 bits per heavy atom. The number of hydrogen-bond acceptors (Lipinski definition) is 1. The summed E-state index contributed by atoms with van der Waals surface area (Å²) in [6, 6.07) is 18.2. The van der Waals surface area contributed by atoms with Crippen molar-refractivity contribution in [3.8, 4) is 5.75 Å². The van der Waals surface area contributed by atoms with Gasteiger partial charge in [0.1, 0.15) is 5.75 Å². The van der Waals surface area contributed by atoms with Crippen LogP contribution in [0.1, 0.15) is 11.1 Å². The van der Waals surface area contributed by atoms with E-state index in [9.17, 15) is 0 Å². The monoisotopic (exact) mass is 236 g/mol. The first-order valence-corrected chi connectivity index (χ1v) is 5.92. The summed E-state index contributed by atoms with van der Waals surface area (Å²) in [5, 5.41) is 0. The fourth-order valence-electron chi connectivity index (χ4n) is 1.61. The molecule has 0 atom stereocenters. The van der Waals surface area contributed by atoms with E-state index < -0.39 is 0 Å². The lowest BCUT2D eigenvalue weighted by molar-refractivity contribution is 0.415. The summed E-state index contributed by atoms with van der Waals surface area (Å²) in [4.78, 5) is 0. The molecule has 0 radical (unpaired) electrons. The molecule has 0 unspecified atom stereocenters. The number of ether oxygens (including phenoxy) is 1. The number of hydrogen-bond donors (Lipinski definition) is 0. The van der Waals surface area contributed by atoms with E-state index in [0.717, 1.165) is 11.3 Å². The van der Waals surface area contributed by atoms with Crippen molar-refractivity contribution in [3.05, 3.63) is 77.9 Å². The van der Waals surface area contributed by atoms with Crippen LogP contribution in [0.3, 0.4) is 0 Å². The molecule has 0 aromatic heterocycles. The third-order valence-electron chi connectivity index (χ3n) is 2.60. The van der Waals surface area contributed by atoms with Gasteiger partial charge in [-0.3, -0.25) is 0 Å². The highest BCUT2D eigenvalue weighted by atomic mass is 16.5. The third kappa shape index (κ3) is 3.63. The molecular weight excluding hydrogens is 220 g/mol. The highest BCUT2D eigenvalue weighted by molar-refractivity contribution is 5.57. The van der Waals surface area contributed by atoms with Crippen LogP contribution in [-0.2, 0) is 0 Å². The van der Waals surface area contributed by atoms with E-state index in [1.165, 1.54) is 5.56 Å². The first-order valence-electron chi connectivity index (χ1n) is 5.92. The van der Waals surface area contributed by atoms with Crippen molar-refractivity contribution in [1.82, 2.24) is 0 Å². The smallest absolute Gasteiger partial charge is 0.118 e. The van der Waals surface area contributed by atoms with Gasteiger partial charge in [-0.1, -0.05) is 66.8 Å². The Morgan fingerprint density at radius 2 is 1.28 bits per heavy atom. The topological polar surface area (TPSA) is 9.23 Å². The van der Waals surface area contributed by atoms with Crippen molar-refractivity contribution < 1.29 is 4.74 Å². The van der Waals surface area contributed by atoms with E-state index in [1.807, 2.05) is 54.6 Å². The molecule has 0 amide bonds. The molecule has 0 heterocycles. The van der Waals surface area contributed by atoms with Crippen LogP contribution in [0.2, 0.25) is 0 Å². The molecule has 0 fully saturated rings. The third-order valence-corrected chi connectivity index (χ3v) is 2.60. The van der Waals surface area contributed by atoms with Crippen LogP contribution in [0.15, 0.2) is 66.7 Å². The molecule has 0 spiro atoms. The van der Waals surface area contributed by atoms with E-state index in [0.29, 0.717) is 0 Å². The van der Waals surface area contributed by atoms with Gasteiger partial charge in [0.2, 0.25) is 0 Å². The molecule has 0 aliphatic heterocycles. The van der Waals surface area contributed by atoms with Crippen LogP contribution in [0.4, 0.5) is 0 Å². The molecule has 1 heteroatoms. The van der Waals surface area contributed by atoms with Gasteiger partial charge in [0.15, 0.2) is 0 Å². The summed E-state index contributed by atoms with van der Waals surface area (Å²) >= 11 is 0. The molecule has 90 valence electrons. The number of benzene rings is 2. The Labute approximate surface area is 108 Å². The van der Waals surface area contributed by atoms with Crippen molar-refractivity contribution in [2.75, 3.05) is 7.11 Å². The van der Waals surface area contributed by atoms with Gasteiger partial charge in [-0.05, 0) is 23.3 Å². The van der Waals surface area contributed by atoms with E-state index in [1.54, 1.807) is 7.11 Å². The molecule has 2 rings (SSSR count). The standard InChI is InChI=1S/C17H16O/c1-18-17-13-11-16(12-14-17)10-6-5-9-15-7-3-2-4-8-15/h2-14H,1H3/b9-5+,10-6-. The zero-order valence-electron chi connectivity index (χ0n) is 10.4. The van der Waals surface area contributed by atoms with E-state index in [2.05, 4.69) is 24.3 Å². The van der Waals surface area contributed by atoms with Crippen LogP contribution >= 0.6 is 0 Å². The van der Waals surface area contributed by atoms with E-state index >= 15 is 0 Å². The number of allylic oxidation sites excluding steroid dienone is 2. The Balaban J connectivity index is 1.96. The van der Waals surface area contributed by atoms with Gasteiger partial charge < -0.3 is 4.74 Å². The van der Waals surface area contributed by atoms with Crippen LogP contribution in [0, 0.1) is 0 Å². The lowest BCUT2D eigenvalue weighted by atomic mass is 10.2. The second-order valence-electron chi connectivity index (χ2n) is 3.90. The van der Waals surface area contributed by atoms with Crippen molar-refractivity contribution in [2.24, 2.45) is 0 Å². The zero-order valence-corrected chi connectivity index (χ0v) is 10.4. The average molecular weight is 236 g/mol. The minimum Gasteiger partial charge on any atom is -0.497 e. The summed E-state index contributed by atoms with van der Waals surface area (Å²) in [7, 11) is 1.67. The maximum Gasteiger partial charge on any atom is 0.118 e. The van der Waals surface area contributed by atoms with Gasteiger partial charge in [-0.25, -0.2) is 0 Å². The molecule has 2 aromatic carbocycles. The van der Waals surface area contributed by atoms with Gasteiger partial charge in [0.05, 0.1) is 7.11 Å². The minimum absolute atomic E-state index is 0.881. The second kappa shape index (κ2) is 6.45. The Kier molecular flexibility index (Phi) is 4.37. The largest absolute Gasteiger partial charge is 0.497 e. The molecule has 0 bridgehead atoms. The summed E-state index contributed by atoms with van der Waals surface area (Å²) in [6.07, 6.45) is 8.23. The molecule has 0 N–H and O–H groups in total. The predicted octanol–water partition coefficient (Wildman–Crippen LogP) is 4.42. The van der Waals surface area contributed by atoms with Crippen LogP contribution < -0.4 is 4.74 Å². The molecule has 0 aliphatic rings. The SMILES string of the molecule is COc1ccc(/C=C\C=C\c2ccccc2)cc1. The van der Waals surface area contributed by atoms with Crippen molar-refractivity contribution in [3.63, 3.8) is 0 Å². The maximum atomic E-state index is 5.11. The lowest BCUT2D eigenvalue weighted by Gasteiger charge is -1.98. The highest BCUT2D eigenvalue weighted by Gasteiger charge is 1.88. The number of rotatable bonds is 4. The normalized spacial score (nSPS) is 11.2. The molecule has 0 aliphatic carbocycles. The molecule has 18 heavy (non-hydrogen) atoms. The molecule has 0 saturated heterocycles. The van der Waals surface area contributed by atoms with Gasteiger partial charge in [-0.2, -0.15) is 0 Å². The lowest BCUT2D eigenvalue weighted by Crippen LogP contribution is -1.81. The van der Waals surface area contributed by atoms with Crippen LogP contribution in [-0.4, -0.2) is 7.11 Å². The van der Waals surface area contributed by atoms with Crippen molar-refractivity contribution >= 4 is 12.2 Å². The van der Waals surface area contributed by atoms with Crippen molar-refractivity contribution in [2.45, 2.75) is 0 Å². The molecule has 2 aromatic rings. The van der Waals surface area contributed by atoms with Gasteiger partial charge in [-0.15, -0.1) is 0 Å². The van der Waals surface area contributed by atoms with Crippen molar-refractivity contribution in [1.29, 1.82) is 0 Å². The van der Waals surface area contributed by atoms with E-state index in [-0.39, 0.29) is 0 Å². The summed E-state index contributed by atoms with van der Waals surface area (Å²) in [5.74, 6) is 0.881. The Hall–Kier alpha value is -2.28. The van der Waals surface area contributed by atoms with Crippen LogP contribution in [0.25, 0.3) is 12.2 Å². The first kappa shape index (κ1) is 12.2. The Morgan fingerprint density at radius 3 is 1.83 bits per heavy atom. The minimum atomic E-state index is 0.881. The highest BCUT2D eigenvalue weighted by Crippen LogP contribution is 2.12. The summed E-state index contributed by atoms with van der Waals surface area (Å²) in [6.45, 7) is 0. The first-order chi connectivity index (χ1) is 8.88. The average Bonchev–Trinajstić information content (AvgIpc) is 2.45. The molecule has 0 saturated carbocycles. The summed E-state index contributed by atoms with van der Waals surface area (Å²) < 4.78 is 5.11. The fourth-order valence-corrected chi connectivity index (χ4v) is 1.61. The quantitative estimate of drug-likeness (QED) is 0.714. The maximum absolute atomic E-state index is 5.11. The van der Waals surface area contributed by atoms with Crippen LogP contribution in [0.5, 0.6) is 5.75 Å². The van der Waals surface area contributed by atoms with E-state index in [4.69, 9.17) is 4.74 Å². The van der Waals surface area contributed by atoms with Gasteiger partial charge >= 0.3 is 0 Å². The van der Waals surface area contributed by atoms with Gasteiger partial charge in [0, 0.05) is 0 Å². The molecule has 1 nitrogen and oxygen atoms in total.